The number of carbonyl (C=O) groups is 2. The molecule has 1 aliphatic carbocycles. The van der Waals surface area contributed by atoms with Crippen LogP contribution in [-0.4, -0.2) is 18.4 Å². The average Bonchev–Trinajstić information content (AvgIpc) is 3.12. The molecule has 136 valence electrons. The Labute approximate surface area is 165 Å². The molecule has 1 N–H and O–H groups in total. The highest BCUT2D eigenvalue weighted by Crippen LogP contribution is 2.50. The van der Waals surface area contributed by atoms with Crippen molar-refractivity contribution in [2.45, 2.75) is 24.7 Å². The van der Waals surface area contributed by atoms with Crippen LogP contribution in [0.1, 0.15) is 33.0 Å². The minimum atomic E-state index is -0.361. The van der Waals surface area contributed by atoms with E-state index >= 15 is 0 Å². The van der Waals surface area contributed by atoms with Crippen LogP contribution in [0.2, 0.25) is 0 Å². The van der Waals surface area contributed by atoms with Crippen LogP contribution in [0.25, 0.3) is 0 Å². The number of nitrogens with zero attached hydrogens (tertiary/aromatic N) is 1. The molecule has 6 heteroatoms. The molecule has 3 heterocycles. The monoisotopic (exact) mass is 394 g/mol. The number of nitrogens with one attached hydrogen (secondary N) is 1. The zero-order chi connectivity index (χ0) is 18.4. The molecule has 2 aliphatic rings. The number of hydrogen-bond donors (Lipinski definition) is 1. The lowest BCUT2D eigenvalue weighted by Gasteiger charge is -2.18. The number of fused-ring (bicyclic) bond motifs is 1. The van der Waals surface area contributed by atoms with E-state index in [2.05, 4.69) is 5.32 Å². The largest absolute Gasteiger partial charge is 0.325 e. The number of benzene rings is 1. The maximum absolute atomic E-state index is 12.9. The standard InChI is InChI=1S/C21H18N2O2S2/c24-19(17-3-1-11-26-17)23-10-7-14-5-6-15(13-16(14)23)22-20(25)21(8-9-21)18-4-2-12-27-18/h1-6,11-13H,7-10H2,(H,22,25). The van der Waals surface area contributed by atoms with Crippen molar-refractivity contribution in [3.05, 3.63) is 68.5 Å². The van der Waals surface area contributed by atoms with Gasteiger partial charge in [-0.2, -0.15) is 0 Å². The summed E-state index contributed by atoms with van der Waals surface area (Å²) >= 11 is 3.10. The third-order valence-electron chi connectivity index (χ3n) is 5.39. The van der Waals surface area contributed by atoms with Gasteiger partial charge >= 0.3 is 0 Å². The maximum Gasteiger partial charge on any atom is 0.268 e. The Morgan fingerprint density at radius 1 is 1.04 bits per heavy atom. The van der Waals surface area contributed by atoms with Gasteiger partial charge < -0.3 is 10.2 Å². The van der Waals surface area contributed by atoms with E-state index in [0.717, 1.165) is 46.0 Å². The fraction of sp³-hybridized carbons (Fsp3) is 0.238. The molecule has 5 rings (SSSR count). The highest BCUT2D eigenvalue weighted by molar-refractivity contribution is 7.12. The second kappa shape index (κ2) is 6.32. The third kappa shape index (κ3) is 2.80. The molecule has 27 heavy (non-hydrogen) atoms. The predicted molar refractivity (Wildman–Crippen MR) is 110 cm³/mol. The van der Waals surface area contributed by atoms with Crippen molar-refractivity contribution in [3.63, 3.8) is 0 Å². The number of thiophene rings is 2. The first-order valence-electron chi connectivity index (χ1n) is 9.01. The van der Waals surface area contributed by atoms with Crippen LogP contribution in [0.15, 0.2) is 53.2 Å². The molecule has 0 radical (unpaired) electrons. The number of amides is 2. The van der Waals surface area contributed by atoms with Crippen LogP contribution >= 0.6 is 22.7 Å². The van der Waals surface area contributed by atoms with Crippen molar-refractivity contribution in [3.8, 4) is 0 Å². The minimum absolute atomic E-state index is 0.0319. The Bertz CT molecular complexity index is 1000. The molecule has 2 aromatic heterocycles. The minimum Gasteiger partial charge on any atom is -0.325 e. The van der Waals surface area contributed by atoms with Gasteiger partial charge in [0.25, 0.3) is 5.91 Å². The zero-order valence-electron chi connectivity index (χ0n) is 14.6. The first-order valence-corrected chi connectivity index (χ1v) is 10.8. The normalized spacial score (nSPS) is 16.8. The summed E-state index contributed by atoms with van der Waals surface area (Å²) in [6.45, 7) is 0.683. The topological polar surface area (TPSA) is 49.4 Å². The van der Waals surface area contributed by atoms with Crippen molar-refractivity contribution in [2.24, 2.45) is 0 Å². The quantitative estimate of drug-likeness (QED) is 0.698. The van der Waals surface area contributed by atoms with Crippen LogP contribution in [0.4, 0.5) is 11.4 Å². The molecule has 4 nitrogen and oxygen atoms in total. The van der Waals surface area contributed by atoms with E-state index in [9.17, 15) is 9.59 Å². The van der Waals surface area contributed by atoms with Crippen molar-refractivity contribution in [1.82, 2.24) is 0 Å². The molecule has 1 saturated carbocycles. The molecule has 0 spiro atoms. The lowest BCUT2D eigenvalue weighted by molar-refractivity contribution is -0.118. The summed E-state index contributed by atoms with van der Waals surface area (Å²) < 4.78 is 0. The summed E-state index contributed by atoms with van der Waals surface area (Å²) in [5, 5.41) is 7.03. The fourth-order valence-corrected chi connectivity index (χ4v) is 5.37. The molecule has 0 unspecified atom stereocenters. The van der Waals surface area contributed by atoms with E-state index in [4.69, 9.17) is 0 Å². The van der Waals surface area contributed by atoms with Crippen molar-refractivity contribution in [1.29, 1.82) is 0 Å². The summed E-state index contributed by atoms with van der Waals surface area (Å²) in [4.78, 5) is 29.4. The van der Waals surface area contributed by atoms with Gasteiger partial charge in [0, 0.05) is 22.8 Å². The fourth-order valence-electron chi connectivity index (χ4n) is 3.71. The molecule has 1 aromatic carbocycles. The molecular formula is C21H18N2O2S2. The zero-order valence-corrected chi connectivity index (χ0v) is 16.2. The number of rotatable bonds is 4. The lowest BCUT2D eigenvalue weighted by Crippen LogP contribution is -2.29. The molecular weight excluding hydrogens is 376 g/mol. The summed E-state index contributed by atoms with van der Waals surface area (Å²) in [6.07, 6.45) is 2.64. The molecule has 3 aromatic rings. The van der Waals surface area contributed by atoms with E-state index in [-0.39, 0.29) is 17.2 Å². The highest BCUT2D eigenvalue weighted by atomic mass is 32.1. The second-order valence-electron chi connectivity index (χ2n) is 7.04. The first kappa shape index (κ1) is 16.7. The van der Waals surface area contributed by atoms with Crippen molar-refractivity contribution < 1.29 is 9.59 Å². The van der Waals surface area contributed by atoms with Gasteiger partial charge in [0.15, 0.2) is 0 Å². The molecule has 0 atom stereocenters. The van der Waals surface area contributed by atoms with Crippen LogP contribution < -0.4 is 10.2 Å². The first-order chi connectivity index (χ1) is 13.2. The van der Waals surface area contributed by atoms with Gasteiger partial charge in [-0.15, -0.1) is 22.7 Å². The number of hydrogen-bond acceptors (Lipinski definition) is 4. The number of carbonyl (C=O) groups excluding carboxylic acids is 2. The maximum atomic E-state index is 12.9. The van der Waals surface area contributed by atoms with Crippen LogP contribution in [0.3, 0.4) is 0 Å². The Balaban J connectivity index is 1.39. The van der Waals surface area contributed by atoms with Gasteiger partial charge in [-0.3, -0.25) is 9.59 Å². The summed E-state index contributed by atoms with van der Waals surface area (Å²) in [7, 11) is 0. The van der Waals surface area contributed by atoms with E-state index in [1.165, 1.54) is 11.3 Å². The van der Waals surface area contributed by atoms with Crippen molar-refractivity contribution in [2.75, 3.05) is 16.8 Å². The van der Waals surface area contributed by atoms with E-state index in [1.54, 1.807) is 11.3 Å². The SMILES string of the molecule is O=C(c1cccs1)N1CCc2ccc(NC(=O)C3(c4cccs4)CC3)cc21. The Morgan fingerprint density at radius 2 is 1.85 bits per heavy atom. The van der Waals surface area contributed by atoms with Gasteiger partial charge in [0.2, 0.25) is 5.91 Å². The van der Waals surface area contributed by atoms with Crippen LogP contribution in [0.5, 0.6) is 0 Å². The molecule has 1 fully saturated rings. The predicted octanol–water partition coefficient (Wildman–Crippen LogP) is 4.68. The Hall–Kier alpha value is -2.44. The Morgan fingerprint density at radius 3 is 2.56 bits per heavy atom. The molecule has 2 amide bonds. The van der Waals surface area contributed by atoms with E-state index in [1.807, 2.05) is 58.1 Å². The highest BCUT2D eigenvalue weighted by Gasteiger charge is 2.52. The number of anilines is 2. The van der Waals surface area contributed by atoms with Gasteiger partial charge in [-0.1, -0.05) is 18.2 Å². The van der Waals surface area contributed by atoms with Crippen molar-refractivity contribution >= 4 is 45.9 Å². The molecule has 1 aliphatic heterocycles. The van der Waals surface area contributed by atoms with Gasteiger partial charge in [0.1, 0.15) is 0 Å². The Kier molecular flexibility index (Phi) is 3.91. The summed E-state index contributed by atoms with van der Waals surface area (Å²) in [5.41, 5.74) is 2.46. The second-order valence-corrected chi connectivity index (χ2v) is 8.94. The van der Waals surface area contributed by atoms with Gasteiger partial charge in [-0.25, -0.2) is 0 Å². The van der Waals surface area contributed by atoms with Crippen LogP contribution in [-0.2, 0) is 16.6 Å². The molecule has 0 saturated heterocycles. The van der Waals surface area contributed by atoms with Gasteiger partial charge in [0.05, 0.1) is 10.3 Å². The molecule has 0 bridgehead atoms. The smallest absolute Gasteiger partial charge is 0.268 e. The summed E-state index contributed by atoms with van der Waals surface area (Å²) in [6, 6.07) is 13.7. The van der Waals surface area contributed by atoms with Crippen LogP contribution in [0, 0.1) is 0 Å². The van der Waals surface area contributed by atoms with E-state index in [0.29, 0.717) is 6.54 Å². The average molecular weight is 395 g/mol. The van der Waals surface area contributed by atoms with Gasteiger partial charge in [-0.05, 0) is 59.9 Å². The summed E-state index contributed by atoms with van der Waals surface area (Å²) in [5.74, 6) is 0.0866. The lowest BCUT2D eigenvalue weighted by atomic mass is 10.0. The van der Waals surface area contributed by atoms with E-state index < -0.39 is 0 Å². The third-order valence-corrected chi connectivity index (χ3v) is 7.33.